The smallest absolute Gasteiger partial charge is 0.165 e. The summed E-state index contributed by atoms with van der Waals surface area (Å²) in [6, 6.07) is 6.55. The molecule has 0 bridgehead atoms. The number of fused-ring (bicyclic) bond motifs is 1. The quantitative estimate of drug-likeness (QED) is 0.932. The van der Waals surface area contributed by atoms with Crippen LogP contribution < -0.4 is 15.0 Å². The van der Waals surface area contributed by atoms with Crippen molar-refractivity contribution in [1.29, 1.82) is 0 Å². The first-order valence-electron chi connectivity index (χ1n) is 8.44. The third kappa shape index (κ3) is 2.94. The molecule has 24 heavy (non-hydrogen) atoms. The summed E-state index contributed by atoms with van der Waals surface area (Å²) < 4.78 is 19.4. The molecule has 126 valence electrons. The number of hydrogen-bond acceptors (Lipinski definition) is 5. The first kappa shape index (κ1) is 15.3. The normalized spacial score (nSPS) is 17.8. The maximum atomic E-state index is 13.7. The van der Waals surface area contributed by atoms with Crippen molar-refractivity contribution in [1.82, 2.24) is 15.3 Å². The fourth-order valence-electron chi connectivity index (χ4n) is 3.31. The van der Waals surface area contributed by atoms with Gasteiger partial charge in [-0.25, -0.2) is 14.4 Å². The SMILES string of the molecule is Cc1nc2c(c(N3CC(Oc4ccccc4F)C3)n1)CCNCC2. The lowest BCUT2D eigenvalue weighted by molar-refractivity contribution is 0.159. The van der Waals surface area contributed by atoms with E-state index in [0.717, 1.165) is 56.4 Å². The van der Waals surface area contributed by atoms with Gasteiger partial charge in [0.05, 0.1) is 18.8 Å². The van der Waals surface area contributed by atoms with Crippen LogP contribution in [0.25, 0.3) is 0 Å². The van der Waals surface area contributed by atoms with Gasteiger partial charge >= 0.3 is 0 Å². The van der Waals surface area contributed by atoms with Gasteiger partial charge in [0.1, 0.15) is 17.7 Å². The van der Waals surface area contributed by atoms with E-state index >= 15 is 0 Å². The summed E-state index contributed by atoms with van der Waals surface area (Å²) in [5, 5.41) is 3.41. The van der Waals surface area contributed by atoms with Crippen molar-refractivity contribution < 1.29 is 9.13 Å². The third-order valence-electron chi connectivity index (χ3n) is 4.55. The number of hydrogen-bond donors (Lipinski definition) is 1. The van der Waals surface area contributed by atoms with Crippen LogP contribution in [0, 0.1) is 12.7 Å². The van der Waals surface area contributed by atoms with Gasteiger partial charge in [-0.15, -0.1) is 0 Å². The monoisotopic (exact) mass is 328 g/mol. The highest BCUT2D eigenvalue weighted by Crippen LogP contribution is 2.29. The summed E-state index contributed by atoms with van der Waals surface area (Å²) in [6.45, 7) is 5.31. The zero-order valence-corrected chi connectivity index (χ0v) is 13.8. The van der Waals surface area contributed by atoms with Crippen molar-refractivity contribution in [2.75, 3.05) is 31.1 Å². The van der Waals surface area contributed by atoms with Gasteiger partial charge in [-0.2, -0.15) is 0 Å². The van der Waals surface area contributed by atoms with E-state index in [-0.39, 0.29) is 11.9 Å². The lowest BCUT2D eigenvalue weighted by Crippen LogP contribution is -2.54. The Bertz CT molecular complexity index is 746. The molecule has 1 aromatic heterocycles. The molecule has 4 rings (SSSR count). The van der Waals surface area contributed by atoms with Gasteiger partial charge in [0, 0.05) is 18.5 Å². The maximum Gasteiger partial charge on any atom is 0.165 e. The van der Waals surface area contributed by atoms with Crippen LogP contribution in [0.15, 0.2) is 24.3 Å². The molecule has 2 aliphatic heterocycles. The molecule has 0 saturated carbocycles. The largest absolute Gasteiger partial charge is 0.484 e. The minimum Gasteiger partial charge on any atom is -0.484 e. The lowest BCUT2D eigenvalue weighted by atomic mass is 10.1. The molecule has 1 N–H and O–H groups in total. The van der Waals surface area contributed by atoms with Crippen LogP contribution in [0.5, 0.6) is 5.75 Å². The number of rotatable bonds is 3. The second kappa shape index (κ2) is 6.36. The Morgan fingerprint density at radius 1 is 1.17 bits per heavy atom. The summed E-state index contributed by atoms with van der Waals surface area (Å²) in [4.78, 5) is 11.5. The van der Waals surface area contributed by atoms with Gasteiger partial charge in [0.2, 0.25) is 0 Å². The van der Waals surface area contributed by atoms with Gasteiger partial charge in [0.15, 0.2) is 11.6 Å². The van der Waals surface area contributed by atoms with Gasteiger partial charge in [-0.3, -0.25) is 0 Å². The molecule has 1 saturated heterocycles. The Kier molecular flexibility index (Phi) is 4.06. The highest BCUT2D eigenvalue weighted by Gasteiger charge is 2.32. The van der Waals surface area contributed by atoms with Crippen molar-refractivity contribution in [2.45, 2.75) is 25.9 Å². The second-order valence-corrected chi connectivity index (χ2v) is 6.34. The Balaban J connectivity index is 1.49. The third-order valence-corrected chi connectivity index (χ3v) is 4.55. The number of aryl methyl sites for hydroxylation is 1. The van der Waals surface area contributed by atoms with Crippen molar-refractivity contribution in [3.63, 3.8) is 0 Å². The van der Waals surface area contributed by atoms with E-state index in [2.05, 4.69) is 20.2 Å². The fraction of sp³-hybridized carbons (Fsp3) is 0.444. The number of aromatic nitrogens is 2. The second-order valence-electron chi connectivity index (χ2n) is 6.34. The summed E-state index contributed by atoms with van der Waals surface area (Å²) in [5.74, 6) is 1.84. The standard InChI is InChI=1S/C18H21FN4O/c1-12-21-16-7-9-20-8-6-14(16)18(22-12)23-10-13(11-23)24-17-5-3-2-4-15(17)19/h2-5,13,20H,6-11H2,1H3. The summed E-state index contributed by atoms with van der Waals surface area (Å²) in [7, 11) is 0. The van der Waals surface area contributed by atoms with Gasteiger partial charge in [-0.05, 0) is 32.0 Å². The number of benzene rings is 1. The number of halogens is 1. The molecule has 0 aliphatic carbocycles. The Morgan fingerprint density at radius 2 is 1.96 bits per heavy atom. The fourth-order valence-corrected chi connectivity index (χ4v) is 3.31. The Labute approximate surface area is 140 Å². The van der Waals surface area contributed by atoms with E-state index in [4.69, 9.17) is 4.74 Å². The molecular weight excluding hydrogens is 307 g/mol. The number of ether oxygens (including phenoxy) is 1. The molecule has 5 nitrogen and oxygen atoms in total. The van der Waals surface area contributed by atoms with Crippen LogP contribution in [0.4, 0.5) is 10.2 Å². The van der Waals surface area contributed by atoms with E-state index in [1.807, 2.05) is 6.92 Å². The number of para-hydroxylation sites is 1. The summed E-state index contributed by atoms with van der Waals surface area (Å²) in [5.41, 5.74) is 2.40. The van der Waals surface area contributed by atoms with Crippen LogP contribution in [0.3, 0.4) is 0 Å². The Hall–Kier alpha value is -2.21. The highest BCUT2D eigenvalue weighted by molar-refractivity contribution is 5.52. The molecule has 0 unspecified atom stereocenters. The van der Waals surface area contributed by atoms with E-state index in [0.29, 0.717) is 5.75 Å². The molecule has 0 atom stereocenters. The molecule has 2 aromatic rings. The maximum absolute atomic E-state index is 13.7. The predicted octanol–water partition coefficient (Wildman–Crippen LogP) is 1.88. The highest BCUT2D eigenvalue weighted by atomic mass is 19.1. The predicted molar refractivity (Wildman–Crippen MR) is 90.1 cm³/mol. The summed E-state index contributed by atoms with van der Waals surface area (Å²) >= 11 is 0. The van der Waals surface area contributed by atoms with Gasteiger partial charge in [-0.1, -0.05) is 12.1 Å². The lowest BCUT2D eigenvalue weighted by Gasteiger charge is -2.41. The van der Waals surface area contributed by atoms with Gasteiger partial charge < -0.3 is 15.0 Å². The molecule has 1 aromatic carbocycles. The van der Waals surface area contributed by atoms with Gasteiger partial charge in [0.25, 0.3) is 0 Å². The number of anilines is 1. The zero-order chi connectivity index (χ0) is 16.5. The molecule has 6 heteroatoms. The topological polar surface area (TPSA) is 50.3 Å². The van der Waals surface area contributed by atoms with Crippen molar-refractivity contribution in [3.05, 3.63) is 47.2 Å². The van der Waals surface area contributed by atoms with Crippen molar-refractivity contribution in [3.8, 4) is 5.75 Å². The molecule has 0 amide bonds. The van der Waals surface area contributed by atoms with E-state index in [1.165, 1.54) is 11.6 Å². The molecule has 1 fully saturated rings. The molecular formula is C18H21FN4O. The average Bonchev–Trinajstić information content (AvgIpc) is 2.77. The molecule has 3 heterocycles. The first-order valence-corrected chi connectivity index (χ1v) is 8.44. The van der Waals surface area contributed by atoms with Crippen LogP contribution >= 0.6 is 0 Å². The summed E-state index contributed by atoms with van der Waals surface area (Å²) in [6.07, 6.45) is 1.88. The van der Waals surface area contributed by atoms with E-state index < -0.39 is 0 Å². The van der Waals surface area contributed by atoms with Crippen molar-refractivity contribution >= 4 is 5.82 Å². The zero-order valence-electron chi connectivity index (χ0n) is 13.8. The van der Waals surface area contributed by atoms with E-state index in [1.54, 1.807) is 18.2 Å². The Morgan fingerprint density at radius 3 is 2.79 bits per heavy atom. The number of nitrogens with zero attached hydrogens (tertiary/aromatic N) is 3. The average molecular weight is 328 g/mol. The van der Waals surface area contributed by atoms with Crippen LogP contribution in [0.1, 0.15) is 17.1 Å². The molecule has 2 aliphatic rings. The van der Waals surface area contributed by atoms with Crippen LogP contribution in [-0.4, -0.2) is 42.3 Å². The van der Waals surface area contributed by atoms with Crippen molar-refractivity contribution in [2.24, 2.45) is 0 Å². The van der Waals surface area contributed by atoms with Crippen LogP contribution in [-0.2, 0) is 12.8 Å². The van der Waals surface area contributed by atoms with E-state index in [9.17, 15) is 4.39 Å². The molecule has 0 radical (unpaired) electrons. The first-order chi connectivity index (χ1) is 11.7. The molecule has 0 spiro atoms. The number of nitrogens with one attached hydrogen (secondary N) is 1. The minimum absolute atomic E-state index is 0.00303. The van der Waals surface area contributed by atoms with Crippen LogP contribution in [0.2, 0.25) is 0 Å². The minimum atomic E-state index is -0.311.